The van der Waals surface area contributed by atoms with Crippen molar-refractivity contribution >= 4 is 17.6 Å². The highest BCUT2D eigenvalue weighted by atomic mass is 16.5. The van der Waals surface area contributed by atoms with Crippen LogP contribution >= 0.6 is 0 Å². The van der Waals surface area contributed by atoms with Crippen molar-refractivity contribution in [3.63, 3.8) is 0 Å². The standard InChI is InChI=1S/C17H23N3O3/c1-23-15-8-4-3-7-14(15)20-12-11-19(17(20)22)13-16(21)18-9-5-2-6-10-18/h3-4,7-8H,2,5-6,9-13H2,1H3. The Labute approximate surface area is 136 Å². The van der Waals surface area contributed by atoms with Gasteiger partial charge in [0.05, 0.1) is 12.8 Å². The van der Waals surface area contributed by atoms with E-state index in [2.05, 4.69) is 0 Å². The Morgan fingerprint density at radius 3 is 2.57 bits per heavy atom. The molecule has 2 aliphatic heterocycles. The second-order valence-corrected chi connectivity index (χ2v) is 5.97. The minimum absolute atomic E-state index is 0.0555. The van der Waals surface area contributed by atoms with Gasteiger partial charge in [0.25, 0.3) is 0 Å². The largest absolute Gasteiger partial charge is 0.495 e. The molecule has 3 amide bonds. The summed E-state index contributed by atoms with van der Waals surface area (Å²) in [5.74, 6) is 0.727. The van der Waals surface area contributed by atoms with Gasteiger partial charge in [-0.05, 0) is 31.4 Å². The summed E-state index contributed by atoms with van der Waals surface area (Å²) in [7, 11) is 1.59. The molecule has 0 spiro atoms. The van der Waals surface area contributed by atoms with E-state index in [1.807, 2.05) is 29.2 Å². The molecule has 124 valence electrons. The fourth-order valence-corrected chi connectivity index (χ4v) is 3.21. The number of methoxy groups -OCH3 is 1. The molecule has 2 heterocycles. The van der Waals surface area contributed by atoms with Gasteiger partial charge in [-0.1, -0.05) is 12.1 Å². The third kappa shape index (κ3) is 3.25. The summed E-state index contributed by atoms with van der Waals surface area (Å²) in [5, 5.41) is 0. The second-order valence-electron chi connectivity index (χ2n) is 5.97. The van der Waals surface area contributed by atoms with E-state index in [-0.39, 0.29) is 18.5 Å². The van der Waals surface area contributed by atoms with Crippen molar-refractivity contribution in [2.75, 3.05) is 44.7 Å². The van der Waals surface area contributed by atoms with Crippen molar-refractivity contribution in [2.45, 2.75) is 19.3 Å². The van der Waals surface area contributed by atoms with Gasteiger partial charge in [0.1, 0.15) is 12.3 Å². The summed E-state index contributed by atoms with van der Waals surface area (Å²) in [5.41, 5.74) is 0.757. The molecule has 23 heavy (non-hydrogen) atoms. The van der Waals surface area contributed by atoms with E-state index in [0.29, 0.717) is 18.8 Å². The van der Waals surface area contributed by atoms with Gasteiger partial charge < -0.3 is 14.5 Å². The van der Waals surface area contributed by atoms with Crippen LogP contribution in [0.5, 0.6) is 5.75 Å². The average molecular weight is 317 g/mol. The van der Waals surface area contributed by atoms with Crippen LogP contribution in [0.1, 0.15) is 19.3 Å². The molecule has 6 nitrogen and oxygen atoms in total. The molecule has 0 atom stereocenters. The number of carbonyl (C=O) groups is 2. The summed E-state index contributed by atoms with van der Waals surface area (Å²) >= 11 is 0. The lowest BCUT2D eigenvalue weighted by molar-refractivity contribution is -0.132. The van der Waals surface area contributed by atoms with Gasteiger partial charge in [-0.15, -0.1) is 0 Å². The Kier molecular flexibility index (Phi) is 4.69. The number of hydrogen-bond acceptors (Lipinski definition) is 3. The lowest BCUT2D eigenvalue weighted by Crippen LogP contribution is -2.44. The molecule has 2 aliphatic rings. The number of nitrogens with zero attached hydrogens (tertiary/aromatic N) is 3. The zero-order valence-corrected chi connectivity index (χ0v) is 13.5. The summed E-state index contributed by atoms with van der Waals surface area (Å²) in [6, 6.07) is 7.34. The van der Waals surface area contributed by atoms with Crippen LogP contribution in [0.4, 0.5) is 10.5 Å². The second kappa shape index (κ2) is 6.89. The van der Waals surface area contributed by atoms with Crippen molar-refractivity contribution in [3.05, 3.63) is 24.3 Å². The quantitative estimate of drug-likeness (QED) is 0.853. The van der Waals surface area contributed by atoms with Gasteiger partial charge in [-0.2, -0.15) is 0 Å². The van der Waals surface area contributed by atoms with Gasteiger partial charge in [-0.3, -0.25) is 9.69 Å². The lowest BCUT2D eigenvalue weighted by Gasteiger charge is -2.28. The molecule has 0 N–H and O–H groups in total. The average Bonchev–Trinajstić information content (AvgIpc) is 2.96. The molecule has 0 aliphatic carbocycles. The Morgan fingerprint density at radius 1 is 1.09 bits per heavy atom. The molecule has 2 saturated heterocycles. The van der Waals surface area contributed by atoms with Crippen LogP contribution in [-0.2, 0) is 4.79 Å². The van der Waals surface area contributed by atoms with Crippen LogP contribution in [0.25, 0.3) is 0 Å². The van der Waals surface area contributed by atoms with E-state index in [1.165, 1.54) is 6.42 Å². The topological polar surface area (TPSA) is 53.1 Å². The Balaban J connectivity index is 1.65. The predicted molar refractivity (Wildman–Crippen MR) is 87.7 cm³/mol. The first-order chi connectivity index (χ1) is 11.2. The Hall–Kier alpha value is -2.24. The SMILES string of the molecule is COc1ccccc1N1CCN(CC(=O)N2CCCCC2)C1=O. The van der Waals surface area contributed by atoms with Crippen molar-refractivity contribution in [1.82, 2.24) is 9.80 Å². The van der Waals surface area contributed by atoms with Gasteiger partial charge in [0.15, 0.2) is 0 Å². The molecule has 3 rings (SSSR count). The van der Waals surface area contributed by atoms with Crippen LogP contribution in [0.15, 0.2) is 24.3 Å². The zero-order chi connectivity index (χ0) is 16.2. The van der Waals surface area contributed by atoms with E-state index in [4.69, 9.17) is 4.74 Å². The van der Waals surface area contributed by atoms with Gasteiger partial charge >= 0.3 is 6.03 Å². The highest BCUT2D eigenvalue weighted by molar-refractivity contribution is 5.97. The lowest BCUT2D eigenvalue weighted by atomic mass is 10.1. The molecule has 0 bridgehead atoms. The third-order valence-corrected chi connectivity index (χ3v) is 4.51. The third-order valence-electron chi connectivity index (χ3n) is 4.51. The first-order valence-corrected chi connectivity index (χ1v) is 8.18. The molecule has 0 radical (unpaired) electrons. The summed E-state index contributed by atoms with van der Waals surface area (Å²) in [4.78, 5) is 30.2. The first kappa shape index (κ1) is 15.6. The number of piperidine rings is 1. The number of likely N-dealkylation sites (tertiary alicyclic amines) is 1. The Bertz CT molecular complexity index is 584. The fraction of sp³-hybridized carbons (Fsp3) is 0.529. The predicted octanol–water partition coefficient (Wildman–Crippen LogP) is 1.95. The van der Waals surface area contributed by atoms with Crippen LogP contribution < -0.4 is 9.64 Å². The molecule has 0 unspecified atom stereocenters. The molecule has 1 aromatic carbocycles. The minimum atomic E-state index is -0.125. The number of rotatable bonds is 4. The van der Waals surface area contributed by atoms with Gasteiger partial charge in [0.2, 0.25) is 5.91 Å². The summed E-state index contributed by atoms with van der Waals surface area (Å²) in [6.07, 6.45) is 3.31. The first-order valence-electron chi connectivity index (χ1n) is 8.18. The number of amides is 3. The van der Waals surface area contributed by atoms with Gasteiger partial charge in [-0.25, -0.2) is 4.79 Å². The van der Waals surface area contributed by atoms with Crippen LogP contribution in [0, 0.1) is 0 Å². The Morgan fingerprint density at radius 2 is 1.83 bits per heavy atom. The maximum Gasteiger partial charge on any atom is 0.325 e. The number of ether oxygens (including phenoxy) is 1. The molecule has 1 aromatic rings. The van der Waals surface area contributed by atoms with E-state index < -0.39 is 0 Å². The minimum Gasteiger partial charge on any atom is -0.495 e. The molecule has 0 aromatic heterocycles. The smallest absolute Gasteiger partial charge is 0.325 e. The van der Waals surface area contributed by atoms with Crippen LogP contribution in [0.3, 0.4) is 0 Å². The zero-order valence-electron chi connectivity index (χ0n) is 13.5. The van der Waals surface area contributed by atoms with E-state index in [9.17, 15) is 9.59 Å². The molecule has 0 saturated carbocycles. The summed E-state index contributed by atoms with van der Waals surface area (Å²) in [6.45, 7) is 2.95. The van der Waals surface area contributed by atoms with Crippen molar-refractivity contribution in [2.24, 2.45) is 0 Å². The number of anilines is 1. The van der Waals surface area contributed by atoms with Crippen LogP contribution in [0.2, 0.25) is 0 Å². The molecule has 6 heteroatoms. The number of hydrogen-bond donors (Lipinski definition) is 0. The normalized spacial score (nSPS) is 18.5. The number of para-hydroxylation sites is 2. The molecule has 2 fully saturated rings. The van der Waals surface area contributed by atoms with E-state index in [1.54, 1.807) is 16.9 Å². The highest BCUT2D eigenvalue weighted by Gasteiger charge is 2.33. The van der Waals surface area contributed by atoms with Crippen molar-refractivity contribution in [3.8, 4) is 5.75 Å². The van der Waals surface area contributed by atoms with Crippen molar-refractivity contribution < 1.29 is 14.3 Å². The van der Waals surface area contributed by atoms with E-state index >= 15 is 0 Å². The number of urea groups is 1. The van der Waals surface area contributed by atoms with Crippen molar-refractivity contribution in [1.29, 1.82) is 0 Å². The highest BCUT2D eigenvalue weighted by Crippen LogP contribution is 2.30. The van der Waals surface area contributed by atoms with E-state index in [0.717, 1.165) is 31.6 Å². The maximum absolute atomic E-state index is 12.6. The monoisotopic (exact) mass is 317 g/mol. The number of benzene rings is 1. The van der Waals surface area contributed by atoms with Crippen LogP contribution in [-0.4, -0.2) is 61.6 Å². The summed E-state index contributed by atoms with van der Waals surface area (Å²) < 4.78 is 5.33. The maximum atomic E-state index is 12.6. The fourth-order valence-electron chi connectivity index (χ4n) is 3.21. The molecular weight excluding hydrogens is 294 g/mol. The number of carbonyl (C=O) groups excluding carboxylic acids is 2. The molecular formula is C17H23N3O3. The van der Waals surface area contributed by atoms with Gasteiger partial charge in [0, 0.05) is 26.2 Å².